The monoisotopic (exact) mass is 459 g/mol. The molecular formula is C19H18ClF4N5O2. The van der Waals surface area contributed by atoms with Gasteiger partial charge in [0.2, 0.25) is 0 Å². The fourth-order valence-electron chi connectivity index (χ4n) is 3.90. The highest BCUT2D eigenvalue weighted by Crippen LogP contribution is 2.39. The van der Waals surface area contributed by atoms with E-state index in [4.69, 9.17) is 0 Å². The van der Waals surface area contributed by atoms with Crippen LogP contribution in [0.5, 0.6) is 0 Å². The molecule has 2 aromatic heterocycles. The van der Waals surface area contributed by atoms with Gasteiger partial charge in [0.15, 0.2) is 0 Å². The normalized spacial score (nSPS) is 18.5. The van der Waals surface area contributed by atoms with Crippen molar-refractivity contribution in [1.29, 1.82) is 0 Å². The lowest BCUT2D eigenvalue weighted by molar-refractivity contribution is -0.141. The van der Waals surface area contributed by atoms with Gasteiger partial charge in [-0.2, -0.15) is 13.2 Å². The van der Waals surface area contributed by atoms with Crippen molar-refractivity contribution >= 4 is 30.0 Å². The summed E-state index contributed by atoms with van der Waals surface area (Å²) in [5, 5.41) is 3.13. The number of amides is 3. The van der Waals surface area contributed by atoms with E-state index in [1.807, 2.05) is 0 Å². The molecule has 0 bridgehead atoms. The first-order valence-corrected chi connectivity index (χ1v) is 9.22. The lowest BCUT2D eigenvalue weighted by Gasteiger charge is -2.38. The van der Waals surface area contributed by atoms with Gasteiger partial charge in [0, 0.05) is 6.20 Å². The van der Waals surface area contributed by atoms with Crippen molar-refractivity contribution in [2.45, 2.75) is 31.1 Å². The molecule has 0 atom stereocenters. The van der Waals surface area contributed by atoms with Gasteiger partial charge in [0.05, 0.1) is 24.6 Å². The zero-order valence-corrected chi connectivity index (χ0v) is 16.8. The van der Waals surface area contributed by atoms with E-state index in [2.05, 4.69) is 15.3 Å². The lowest BCUT2D eigenvalue weighted by Crippen LogP contribution is -2.55. The number of pyridine rings is 2. The van der Waals surface area contributed by atoms with Crippen molar-refractivity contribution in [1.82, 2.24) is 20.2 Å². The van der Waals surface area contributed by atoms with E-state index >= 15 is 0 Å². The fourth-order valence-corrected chi connectivity index (χ4v) is 3.90. The number of alkyl halides is 3. The highest BCUT2D eigenvalue weighted by molar-refractivity contribution is 6.23. The molecule has 1 spiro atoms. The van der Waals surface area contributed by atoms with Crippen molar-refractivity contribution in [3.63, 3.8) is 0 Å². The van der Waals surface area contributed by atoms with E-state index in [-0.39, 0.29) is 24.6 Å². The number of urea groups is 1. The molecule has 2 saturated heterocycles. The van der Waals surface area contributed by atoms with E-state index in [0.29, 0.717) is 31.5 Å². The Morgan fingerprint density at radius 3 is 2.39 bits per heavy atom. The predicted octanol–water partition coefficient (Wildman–Crippen LogP) is 3.15. The highest BCUT2D eigenvalue weighted by atomic mass is 35.5. The minimum absolute atomic E-state index is 0. The van der Waals surface area contributed by atoms with E-state index in [1.54, 1.807) is 0 Å². The number of hydrogen-bond acceptors (Lipinski definition) is 5. The summed E-state index contributed by atoms with van der Waals surface area (Å²) in [4.78, 5) is 35.9. The number of piperidine rings is 1. The number of nitrogens with one attached hydrogen (secondary N) is 1. The third-order valence-corrected chi connectivity index (χ3v) is 5.37. The number of imide groups is 1. The minimum Gasteiger partial charge on any atom is -0.317 e. The minimum atomic E-state index is -4.63. The van der Waals surface area contributed by atoms with E-state index < -0.39 is 35.2 Å². The summed E-state index contributed by atoms with van der Waals surface area (Å²) in [5.74, 6) is -1.10. The number of carbonyl (C=O) groups excluding carboxylic acids is 2. The average molecular weight is 460 g/mol. The molecule has 166 valence electrons. The number of rotatable bonds is 3. The van der Waals surface area contributed by atoms with Gasteiger partial charge in [-0.1, -0.05) is 0 Å². The molecule has 2 aliphatic rings. The summed E-state index contributed by atoms with van der Waals surface area (Å²) in [6.45, 7) is 0.909. The Balaban J connectivity index is 0.00000272. The van der Waals surface area contributed by atoms with Crippen LogP contribution >= 0.6 is 12.4 Å². The van der Waals surface area contributed by atoms with Crippen molar-refractivity contribution in [2.75, 3.05) is 18.0 Å². The zero-order chi connectivity index (χ0) is 21.5. The standard InChI is InChI=1S/C19H17F4N5O2.ClH/c20-13-7-12(8-25-9-13)11-27-17(30)28(16(29)18(27)3-5-24-6-4-18)14-1-2-15(26-10-14)19(21,22)23;/h1-2,7-10,24H,3-6,11H2;1H. The molecule has 2 fully saturated rings. The molecule has 3 amide bonds. The van der Waals surface area contributed by atoms with Crippen LogP contribution < -0.4 is 10.2 Å². The number of nitrogens with zero attached hydrogens (tertiary/aromatic N) is 4. The van der Waals surface area contributed by atoms with Crippen LogP contribution in [0.15, 0.2) is 36.8 Å². The molecule has 0 unspecified atom stereocenters. The number of hydrogen-bond donors (Lipinski definition) is 1. The third-order valence-electron chi connectivity index (χ3n) is 5.37. The molecule has 0 saturated carbocycles. The lowest BCUT2D eigenvalue weighted by atomic mass is 9.86. The van der Waals surface area contributed by atoms with Gasteiger partial charge in [0.1, 0.15) is 17.1 Å². The summed E-state index contributed by atoms with van der Waals surface area (Å²) in [7, 11) is 0. The van der Waals surface area contributed by atoms with Crippen LogP contribution in [0.1, 0.15) is 24.1 Å². The molecule has 4 rings (SSSR count). The number of anilines is 1. The second-order valence-corrected chi connectivity index (χ2v) is 7.20. The van der Waals surface area contributed by atoms with E-state index in [1.165, 1.54) is 17.2 Å². The molecule has 12 heteroatoms. The van der Waals surface area contributed by atoms with Crippen LogP contribution in [0.3, 0.4) is 0 Å². The Kier molecular flexibility index (Phi) is 6.19. The Labute approximate surface area is 180 Å². The van der Waals surface area contributed by atoms with Crippen molar-refractivity contribution in [3.8, 4) is 0 Å². The molecule has 2 aliphatic heterocycles. The topological polar surface area (TPSA) is 78.4 Å². The molecule has 7 nitrogen and oxygen atoms in total. The van der Waals surface area contributed by atoms with Crippen LogP contribution in [0, 0.1) is 5.82 Å². The molecule has 1 N–H and O–H groups in total. The Morgan fingerprint density at radius 1 is 1.10 bits per heavy atom. The number of aromatic nitrogens is 2. The van der Waals surface area contributed by atoms with Gasteiger partial charge in [-0.3, -0.25) is 9.78 Å². The maximum atomic E-state index is 13.6. The summed E-state index contributed by atoms with van der Waals surface area (Å²) in [6, 6.07) is 2.31. The van der Waals surface area contributed by atoms with Crippen LogP contribution in [-0.4, -0.2) is 45.4 Å². The van der Waals surface area contributed by atoms with E-state index in [9.17, 15) is 27.2 Å². The van der Waals surface area contributed by atoms with Crippen molar-refractivity contribution in [3.05, 3.63) is 53.9 Å². The van der Waals surface area contributed by atoms with Gasteiger partial charge in [-0.25, -0.2) is 19.1 Å². The van der Waals surface area contributed by atoms with Crippen LogP contribution in [0.2, 0.25) is 0 Å². The highest BCUT2D eigenvalue weighted by Gasteiger charge is 2.57. The van der Waals surface area contributed by atoms with Crippen molar-refractivity contribution in [2.24, 2.45) is 0 Å². The Bertz CT molecular complexity index is 980. The first-order valence-electron chi connectivity index (χ1n) is 9.22. The maximum Gasteiger partial charge on any atom is 0.433 e. The molecule has 0 aromatic carbocycles. The van der Waals surface area contributed by atoms with Crippen LogP contribution in [-0.2, 0) is 17.5 Å². The smallest absolute Gasteiger partial charge is 0.317 e. The molecule has 4 heterocycles. The third kappa shape index (κ3) is 4.07. The quantitative estimate of drug-likeness (QED) is 0.563. The SMILES string of the molecule is Cl.O=C1N(c2ccc(C(F)(F)F)nc2)C(=O)C2(CCNCC2)N1Cc1cncc(F)c1. The second-order valence-electron chi connectivity index (χ2n) is 7.20. The van der Waals surface area contributed by atoms with Crippen LogP contribution in [0.4, 0.5) is 28.0 Å². The molecular weight excluding hydrogens is 442 g/mol. The second kappa shape index (κ2) is 8.39. The molecule has 0 aliphatic carbocycles. The summed E-state index contributed by atoms with van der Waals surface area (Å²) in [6.07, 6.45) is -0.695. The van der Waals surface area contributed by atoms with Gasteiger partial charge in [-0.05, 0) is 49.7 Å². The Hall–Kier alpha value is -2.79. The zero-order valence-electron chi connectivity index (χ0n) is 16.0. The number of halogens is 5. The van der Waals surface area contributed by atoms with Gasteiger partial charge in [-0.15, -0.1) is 12.4 Å². The first-order chi connectivity index (χ1) is 14.2. The average Bonchev–Trinajstić information content (AvgIpc) is 2.89. The van der Waals surface area contributed by atoms with Crippen molar-refractivity contribution < 1.29 is 27.2 Å². The van der Waals surface area contributed by atoms with Gasteiger partial charge in [0.25, 0.3) is 5.91 Å². The molecule has 31 heavy (non-hydrogen) atoms. The van der Waals surface area contributed by atoms with Crippen LogP contribution in [0.25, 0.3) is 0 Å². The van der Waals surface area contributed by atoms with E-state index in [0.717, 1.165) is 29.4 Å². The molecule has 0 radical (unpaired) electrons. The van der Waals surface area contributed by atoms with Gasteiger partial charge >= 0.3 is 12.2 Å². The summed E-state index contributed by atoms with van der Waals surface area (Å²) < 4.78 is 52.0. The largest absolute Gasteiger partial charge is 0.433 e. The summed E-state index contributed by atoms with van der Waals surface area (Å²) >= 11 is 0. The summed E-state index contributed by atoms with van der Waals surface area (Å²) in [5.41, 5.74) is -1.93. The fraction of sp³-hybridized carbons (Fsp3) is 0.368. The van der Waals surface area contributed by atoms with Gasteiger partial charge < -0.3 is 10.2 Å². The number of carbonyl (C=O) groups is 2. The maximum absolute atomic E-state index is 13.6. The molecule has 2 aromatic rings. The predicted molar refractivity (Wildman–Crippen MR) is 104 cm³/mol. The first kappa shape index (κ1) is 22.9. The Morgan fingerprint density at radius 2 is 1.81 bits per heavy atom.